The van der Waals surface area contributed by atoms with Gasteiger partial charge in [0.15, 0.2) is 0 Å². The molecule has 29 heavy (non-hydrogen) atoms. The molecule has 0 saturated heterocycles. The fourth-order valence-corrected chi connectivity index (χ4v) is 3.06. The minimum absolute atomic E-state index is 0.542. The summed E-state index contributed by atoms with van der Waals surface area (Å²) in [6.45, 7) is 1.96. The molecule has 146 valence electrons. The summed E-state index contributed by atoms with van der Waals surface area (Å²) in [5.74, 6) is 1.99. The molecule has 0 amide bonds. The van der Waals surface area contributed by atoms with Gasteiger partial charge < -0.3 is 9.26 Å². The molecule has 3 aromatic carbocycles. The summed E-state index contributed by atoms with van der Waals surface area (Å²) < 4.78 is 11.3. The molecule has 0 atom stereocenters. The topological polar surface area (TPSA) is 51.4 Å². The summed E-state index contributed by atoms with van der Waals surface area (Å²) >= 11 is 0. The minimum Gasteiger partial charge on any atom is -0.489 e. The average molecular weight is 385 g/mol. The Kier molecular flexibility index (Phi) is 5.98. The molecule has 0 aliphatic heterocycles. The van der Waals surface area contributed by atoms with Crippen molar-refractivity contribution in [1.82, 2.24) is 15.0 Å². The van der Waals surface area contributed by atoms with E-state index in [4.69, 9.17) is 9.26 Å². The van der Waals surface area contributed by atoms with Crippen molar-refractivity contribution >= 4 is 0 Å². The summed E-state index contributed by atoms with van der Waals surface area (Å²) in [7, 11) is 2.04. The molecule has 5 heteroatoms. The minimum atomic E-state index is 0.542. The lowest BCUT2D eigenvalue weighted by Crippen LogP contribution is -2.17. The van der Waals surface area contributed by atoms with Gasteiger partial charge in [-0.2, -0.15) is 4.98 Å². The smallest absolute Gasteiger partial charge is 0.241 e. The van der Waals surface area contributed by atoms with Crippen LogP contribution in [0.3, 0.4) is 0 Å². The van der Waals surface area contributed by atoms with Crippen molar-refractivity contribution in [3.05, 3.63) is 102 Å². The highest BCUT2D eigenvalue weighted by molar-refractivity contribution is 5.55. The molecular weight excluding hydrogens is 362 g/mol. The lowest BCUT2D eigenvalue weighted by molar-refractivity contribution is 0.261. The van der Waals surface area contributed by atoms with Crippen LogP contribution in [0.15, 0.2) is 89.5 Å². The van der Waals surface area contributed by atoms with Gasteiger partial charge in [-0.15, -0.1) is 0 Å². The van der Waals surface area contributed by atoms with E-state index in [1.165, 1.54) is 5.56 Å². The third-order valence-corrected chi connectivity index (χ3v) is 4.53. The molecule has 0 spiro atoms. The first-order valence-corrected chi connectivity index (χ1v) is 9.58. The van der Waals surface area contributed by atoms with Crippen LogP contribution in [0.1, 0.15) is 17.0 Å². The van der Waals surface area contributed by atoms with Crippen LogP contribution in [0.5, 0.6) is 5.75 Å². The lowest BCUT2D eigenvalue weighted by atomic mass is 10.2. The zero-order valence-electron chi connectivity index (χ0n) is 16.4. The number of benzene rings is 3. The summed E-state index contributed by atoms with van der Waals surface area (Å²) in [5.41, 5.74) is 3.29. The maximum Gasteiger partial charge on any atom is 0.241 e. The van der Waals surface area contributed by atoms with Gasteiger partial charge in [-0.05, 0) is 42.4 Å². The lowest BCUT2D eigenvalue weighted by Gasteiger charge is -2.13. The molecule has 5 nitrogen and oxygen atoms in total. The van der Waals surface area contributed by atoms with E-state index < -0.39 is 0 Å². The van der Waals surface area contributed by atoms with Gasteiger partial charge in [0.05, 0.1) is 6.54 Å². The first kappa shape index (κ1) is 18.9. The van der Waals surface area contributed by atoms with Crippen LogP contribution in [0.25, 0.3) is 11.4 Å². The van der Waals surface area contributed by atoms with Crippen LogP contribution in [0.4, 0.5) is 0 Å². The average Bonchev–Trinajstić information content (AvgIpc) is 3.22. The molecule has 0 bridgehead atoms. The number of aromatic nitrogens is 2. The van der Waals surface area contributed by atoms with Crippen molar-refractivity contribution in [1.29, 1.82) is 0 Å². The van der Waals surface area contributed by atoms with Gasteiger partial charge >= 0.3 is 0 Å². The molecule has 4 aromatic rings. The Hall–Kier alpha value is -3.44. The molecule has 0 unspecified atom stereocenters. The number of nitrogens with zero attached hydrogens (tertiary/aromatic N) is 3. The third-order valence-electron chi connectivity index (χ3n) is 4.53. The quantitative estimate of drug-likeness (QED) is 0.430. The van der Waals surface area contributed by atoms with Crippen molar-refractivity contribution in [2.24, 2.45) is 0 Å². The van der Waals surface area contributed by atoms with Crippen molar-refractivity contribution < 1.29 is 9.26 Å². The Balaban J connectivity index is 1.34. The highest BCUT2D eigenvalue weighted by Crippen LogP contribution is 2.21. The first-order valence-electron chi connectivity index (χ1n) is 9.58. The Morgan fingerprint density at radius 2 is 1.45 bits per heavy atom. The van der Waals surface area contributed by atoms with E-state index in [2.05, 4.69) is 27.2 Å². The fraction of sp³-hybridized carbons (Fsp3) is 0.167. The normalized spacial score (nSPS) is 11.0. The number of hydrogen-bond donors (Lipinski definition) is 0. The second-order valence-electron chi connectivity index (χ2n) is 6.97. The zero-order valence-corrected chi connectivity index (χ0v) is 16.4. The van der Waals surface area contributed by atoms with E-state index in [1.807, 2.05) is 79.8 Å². The molecule has 0 radical (unpaired) electrons. The van der Waals surface area contributed by atoms with E-state index >= 15 is 0 Å². The number of rotatable bonds is 8. The number of ether oxygens (including phenoxy) is 1. The maximum absolute atomic E-state index is 5.83. The van der Waals surface area contributed by atoms with Crippen LogP contribution in [-0.4, -0.2) is 22.1 Å². The second kappa shape index (κ2) is 9.17. The predicted octanol–water partition coefficient (Wildman–Crippen LogP) is 4.95. The SMILES string of the molecule is CN(Cc1ccccc1)Cc1nc(-c2ccc(OCc3ccccc3)cc2)no1. The summed E-state index contributed by atoms with van der Waals surface area (Å²) in [4.78, 5) is 6.67. The number of hydrogen-bond acceptors (Lipinski definition) is 5. The van der Waals surface area contributed by atoms with Gasteiger partial charge in [0.2, 0.25) is 11.7 Å². The standard InChI is InChI=1S/C24H23N3O2/c1-27(16-19-8-4-2-5-9-19)17-23-25-24(26-29-23)21-12-14-22(15-13-21)28-18-20-10-6-3-7-11-20/h2-15H,16-18H2,1H3. The molecule has 1 aromatic heterocycles. The molecule has 0 saturated carbocycles. The Bertz CT molecular complexity index is 1010. The van der Waals surface area contributed by atoms with Gasteiger partial charge in [-0.1, -0.05) is 65.8 Å². The zero-order chi connectivity index (χ0) is 19.9. The molecule has 4 rings (SSSR count). The summed E-state index contributed by atoms with van der Waals surface area (Å²) in [5, 5.41) is 4.12. The van der Waals surface area contributed by atoms with E-state index in [9.17, 15) is 0 Å². The fourth-order valence-electron chi connectivity index (χ4n) is 3.06. The highest BCUT2D eigenvalue weighted by Gasteiger charge is 2.11. The van der Waals surface area contributed by atoms with E-state index in [0.717, 1.165) is 23.4 Å². The van der Waals surface area contributed by atoms with Crippen molar-refractivity contribution in [2.45, 2.75) is 19.7 Å². The molecular formula is C24H23N3O2. The third kappa shape index (κ3) is 5.30. The monoisotopic (exact) mass is 385 g/mol. The van der Waals surface area contributed by atoms with E-state index in [0.29, 0.717) is 24.9 Å². The molecule has 0 N–H and O–H groups in total. The Morgan fingerprint density at radius 3 is 2.14 bits per heavy atom. The van der Waals surface area contributed by atoms with Gasteiger partial charge in [0.25, 0.3) is 0 Å². The Labute approximate surface area is 170 Å². The van der Waals surface area contributed by atoms with Crippen molar-refractivity contribution in [2.75, 3.05) is 7.05 Å². The van der Waals surface area contributed by atoms with Crippen LogP contribution >= 0.6 is 0 Å². The highest BCUT2D eigenvalue weighted by atomic mass is 16.5. The first-order chi connectivity index (χ1) is 14.3. The molecule has 0 fully saturated rings. The summed E-state index contributed by atoms with van der Waals surface area (Å²) in [6.07, 6.45) is 0. The van der Waals surface area contributed by atoms with Crippen LogP contribution in [0, 0.1) is 0 Å². The van der Waals surface area contributed by atoms with Crippen LogP contribution in [-0.2, 0) is 19.7 Å². The van der Waals surface area contributed by atoms with Crippen molar-refractivity contribution in [3.63, 3.8) is 0 Å². The maximum atomic E-state index is 5.83. The molecule has 0 aliphatic carbocycles. The van der Waals surface area contributed by atoms with Crippen LogP contribution in [0.2, 0.25) is 0 Å². The van der Waals surface area contributed by atoms with E-state index in [1.54, 1.807) is 0 Å². The molecule has 0 aliphatic rings. The molecule has 1 heterocycles. The van der Waals surface area contributed by atoms with Gasteiger partial charge in [-0.3, -0.25) is 4.90 Å². The second-order valence-corrected chi connectivity index (χ2v) is 6.97. The summed E-state index contributed by atoms with van der Waals surface area (Å²) in [6, 6.07) is 28.2. The predicted molar refractivity (Wildman–Crippen MR) is 112 cm³/mol. The van der Waals surface area contributed by atoms with Gasteiger partial charge in [0.1, 0.15) is 12.4 Å². The largest absolute Gasteiger partial charge is 0.489 e. The van der Waals surface area contributed by atoms with Crippen LogP contribution < -0.4 is 4.74 Å². The van der Waals surface area contributed by atoms with E-state index in [-0.39, 0.29) is 0 Å². The van der Waals surface area contributed by atoms with Gasteiger partial charge in [-0.25, -0.2) is 0 Å². The van der Waals surface area contributed by atoms with Crippen molar-refractivity contribution in [3.8, 4) is 17.1 Å². The Morgan fingerprint density at radius 1 is 0.793 bits per heavy atom. The van der Waals surface area contributed by atoms with Gasteiger partial charge in [0, 0.05) is 12.1 Å².